The first-order valence-electron chi connectivity index (χ1n) is 5.67. The van der Waals surface area contributed by atoms with Crippen LogP contribution in [-0.4, -0.2) is 18.5 Å². The summed E-state index contributed by atoms with van der Waals surface area (Å²) in [5.74, 6) is -0.213. The summed E-state index contributed by atoms with van der Waals surface area (Å²) in [6, 6.07) is 8.76. The highest BCUT2D eigenvalue weighted by Gasteiger charge is 2.06. The summed E-state index contributed by atoms with van der Waals surface area (Å²) in [5.41, 5.74) is 0.505. The van der Waals surface area contributed by atoms with Gasteiger partial charge in [-0.05, 0) is 25.1 Å². The van der Waals surface area contributed by atoms with Crippen molar-refractivity contribution >= 4 is 11.9 Å². The lowest BCUT2D eigenvalue weighted by Crippen LogP contribution is -2.04. The summed E-state index contributed by atoms with van der Waals surface area (Å²) in [5, 5.41) is 0. The summed E-state index contributed by atoms with van der Waals surface area (Å²) >= 11 is 0. The molecule has 1 rings (SSSR count). The second-order valence-electron chi connectivity index (χ2n) is 3.70. The molecule has 96 valence electrons. The predicted molar refractivity (Wildman–Crippen MR) is 66.9 cm³/mol. The van der Waals surface area contributed by atoms with E-state index in [4.69, 9.17) is 9.47 Å². The molecule has 0 unspecified atom stereocenters. The van der Waals surface area contributed by atoms with E-state index in [9.17, 15) is 9.59 Å². The molecule has 4 nitrogen and oxygen atoms in total. The van der Waals surface area contributed by atoms with Crippen LogP contribution in [0.2, 0.25) is 0 Å². The fraction of sp³-hybridized carbons (Fsp3) is 0.286. The summed E-state index contributed by atoms with van der Waals surface area (Å²) < 4.78 is 9.88. The van der Waals surface area contributed by atoms with E-state index < -0.39 is 5.97 Å². The van der Waals surface area contributed by atoms with E-state index in [0.29, 0.717) is 17.7 Å². The van der Waals surface area contributed by atoms with Crippen LogP contribution in [0.1, 0.15) is 30.6 Å². The zero-order valence-electron chi connectivity index (χ0n) is 10.5. The average molecular weight is 248 g/mol. The van der Waals surface area contributed by atoms with Crippen LogP contribution in [0, 0.1) is 0 Å². The van der Waals surface area contributed by atoms with Crippen molar-refractivity contribution in [3.63, 3.8) is 0 Å². The van der Waals surface area contributed by atoms with E-state index in [1.165, 1.54) is 6.92 Å². The Morgan fingerprint density at radius 3 is 2.44 bits per heavy atom. The lowest BCUT2D eigenvalue weighted by atomic mass is 10.2. The quantitative estimate of drug-likeness (QED) is 0.456. The maximum atomic E-state index is 11.6. The maximum absolute atomic E-state index is 11.6. The van der Waals surface area contributed by atoms with Crippen LogP contribution in [-0.2, 0) is 14.3 Å². The monoisotopic (exact) mass is 248 g/mol. The molecule has 1 aromatic rings. The molecule has 0 aliphatic heterocycles. The van der Waals surface area contributed by atoms with Crippen molar-refractivity contribution in [2.45, 2.75) is 20.3 Å². The van der Waals surface area contributed by atoms with Crippen molar-refractivity contribution in [3.8, 4) is 0 Å². The fourth-order valence-electron chi connectivity index (χ4n) is 1.29. The molecule has 0 amide bonds. The standard InChI is InChI=1S/C14H16O4/c1-11(7-6-10-17-12(2)15)18-14(16)13-8-4-3-5-9-13/h3-5,7-9H,6,10H2,1-2H3/b11-7+. The molecule has 0 radical (unpaired) electrons. The molecule has 4 heteroatoms. The van der Waals surface area contributed by atoms with Gasteiger partial charge < -0.3 is 9.47 Å². The lowest BCUT2D eigenvalue weighted by molar-refractivity contribution is -0.140. The van der Waals surface area contributed by atoms with Crippen molar-refractivity contribution in [1.82, 2.24) is 0 Å². The van der Waals surface area contributed by atoms with Crippen LogP contribution in [0.25, 0.3) is 0 Å². The largest absolute Gasteiger partial charge is 0.466 e. The van der Waals surface area contributed by atoms with E-state index in [1.54, 1.807) is 37.3 Å². The molecule has 0 atom stereocenters. The topological polar surface area (TPSA) is 52.6 Å². The molecule has 0 aromatic heterocycles. The van der Waals surface area contributed by atoms with Crippen LogP contribution in [0.3, 0.4) is 0 Å². The molecule has 0 spiro atoms. The van der Waals surface area contributed by atoms with Gasteiger partial charge in [0, 0.05) is 13.3 Å². The Balaban J connectivity index is 2.40. The van der Waals surface area contributed by atoms with Gasteiger partial charge in [0.1, 0.15) is 5.76 Å². The number of hydrogen-bond donors (Lipinski definition) is 0. The highest BCUT2D eigenvalue weighted by atomic mass is 16.5. The summed E-state index contributed by atoms with van der Waals surface area (Å²) in [6.45, 7) is 3.33. The molecule has 0 saturated carbocycles. The van der Waals surface area contributed by atoms with Gasteiger partial charge >= 0.3 is 11.9 Å². The van der Waals surface area contributed by atoms with Crippen molar-refractivity contribution in [2.24, 2.45) is 0 Å². The summed E-state index contributed by atoms with van der Waals surface area (Å²) in [6.07, 6.45) is 2.23. The SMILES string of the molecule is CC(=O)OCC/C=C(\C)OC(=O)c1ccccc1. The van der Waals surface area contributed by atoms with Crippen LogP contribution in [0.5, 0.6) is 0 Å². The zero-order valence-corrected chi connectivity index (χ0v) is 10.5. The molecule has 18 heavy (non-hydrogen) atoms. The smallest absolute Gasteiger partial charge is 0.343 e. The van der Waals surface area contributed by atoms with Crippen LogP contribution >= 0.6 is 0 Å². The Labute approximate surface area is 106 Å². The number of hydrogen-bond acceptors (Lipinski definition) is 4. The first kappa shape index (κ1) is 14.0. The number of carbonyl (C=O) groups excluding carboxylic acids is 2. The minimum Gasteiger partial charge on any atom is -0.466 e. The molecule has 0 aliphatic carbocycles. The molecule has 1 aromatic carbocycles. The molecular weight excluding hydrogens is 232 g/mol. The average Bonchev–Trinajstić information content (AvgIpc) is 2.35. The van der Waals surface area contributed by atoms with Gasteiger partial charge in [0.25, 0.3) is 0 Å². The van der Waals surface area contributed by atoms with E-state index >= 15 is 0 Å². The van der Waals surface area contributed by atoms with Crippen LogP contribution < -0.4 is 0 Å². The minimum atomic E-state index is -0.392. The Morgan fingerprint density at radius 1 is 1.17 bits per heavy atom. The van der Waals surface area contributed by atoms with E-state index in [0.717, 1.165) is 0 Å². The molecule has 0 bridgehead atoms. The number of ether oxygens (including phenoxy) is 2. The van der Waals surface area contributed by atoms with E-state index in [1.807, 2.05) is 6.07 Å². The number of allylic oxidation sites excluding steroid dienone is 1. The van der Waals surface area contributed by atoms with Gasteiger partial charge in [-0.1, -0.05) is 18.2 Å². The van der Waals surface area contributed by atoms with Crippen LogP contribution in [0.15, 0.2) is 42.2 Å². The zero-order chi connectivity index (χ0) is 13.4. The molecule has 0 fully saturated rings. The van der Waals surface area contributed by atoms with E-state index in [-0.39, 0.29) is 12.6 Å². The fourth-order valence-corrected chi connectivity index (χ4v) is 1.29. The Kier molecular flexibility index (Phi) is 5.64. The molecule has 0 aliphatic rings. The van der Waals surface area contributed by atoms with Crippen LogP contribution in [0.4, 0.5) is 0 Å². The number of rotatable bonds is 5. The van der Waals surface area contributed by atoms with Crippen molar-refractivity contribution in [2.75, 3.05) is 6.61 Å². The maximum Gasteiger partial charge on any atom is 0.343 e. The first-order chi connectivity index (χ1) is 8.59. The molecule has 0 N–H and O–H groups in total. The van der Waals surface area contributed by atoms with Gasteiger partial charge in [-0.25, -0.2) is 4.79 Å². The molecule has 0 saturated heterocycles. The number of benzene rings is 1. The lowest BCUT2D eigenvalue weighted by Gasteiger charge is -2.04. The Morgan fingerprint density at radius 2 is 1.83 bits per heavy atom. The molecule has 0 heterocycles. The Bertz CT molecular complexity index is 434. The summed E-state index contributed by atoms with van der Waals surface area (Å²) in [7, 11) is 0. The van der Waals surface area contributed by atoms with Gasteiger partial charge in [0.05, 0.1) is 12.2 Å². The first-order valence-corrected chi connectivity index (χ1v) is 5.67. The van der Waals surface area contributed by atoms with Crippen molar-refractivity contribution < 1.29 is 19.1 Å². The normalized spacial score (nSPS) is 10.9. The third-order valence-electron chi connectivity index (χ3n) is 2.12. The highest BCUT2D eigenvalue weighted by molar-refractivity contribution is 5.89. The van der Waals surface area contributed by atoms with Gasteiger partial charge in [-0.3, -0.25) is 4.79 Å². The second-order valence-corrected chi connectivity index (χ2v) is 3.70. The Hall–Kier alpha value is -2.10. The van der Waals surface area contributed by atoms with Gasteiger partial charge in [-0.2, -0.15) is 0 Å². The van der Waals surface area contributed by atoms with Gasteiger partial charge in [0.2, 0.25) is 0 Å². The van der Waals surface area contributed by atoms with Crippen molar-refractivity contribution in [3.05, 3.63) is 47.7 Å². The predicted octanol–water partition coefficient (Wildman–Crippen LogP) is 2.70. The third kappa shape index (κ3) is 5.30. The number of carbonyl (C=O) groups is 2. The van der Waals surface area contributed by atoms with Gasteiger partial charge in [0.15, 0.2) is 0 Å². The second kappa shape index (κ2) is 7.27. The number of esters is 2. The summed E-state index contributed by atoms with van der Waals surface area (Å²) in [4.78, 5) is 22.2. The van der Waals surface area contributed by atoms with E-state index in [2.05, 4.69) is 0 Å². The van der Waals surface area contributed by atoms with Gasteiger partial charge in [-0.15, -0.1) is 0 Å². The van der Waals surface area contributed by atoms with Crippen molar-refractivity contribution in [1.29, 1.82) is 0 Å². The molecular formula is C14H16O4. The third-order valence-corrected chi connectivity index (χ3v) is 2.12. The minimum absolute atomic E-state index is 0.287. The highest BCUT2D eigenvalue weighted by Crippen LogP contribution is 2.06.